The Morgan fingerprint density at radius 3 is 2.32 bits per heavy atom. The first-order valence-electron chi connectivity index (χ1n) is 7.62. The van der Waals surface area contributed by atoms with Gasteiger partial charge in [-0.1, -0.05) is 69.3 Å². The fourth-order valence-electron chi connectivity index (χ4n) is 3.24. The minimum absolute atomic E-state index is 0.235. The first kappa shape index (κ1) is 14.9. The predicted octanol–water partition coefficient (Wildman–Crippen LogP) is 4.93. The SMILES string of the molecule is CC(C)NCC1(c2ccccc2Cl)CCCCCC1. The van der Waals surface area contributed by atoms with Crippen molar-refractivity contribution in [3.63, 3.8) is 0 Å². The Kier molecular flexibility index (Phi) is 5.29. The van der Waals surface area contributed by atoms with E-state index in [0.717, 1.165) is 11.6 Å². The maximum Gasteiger partial charge on any atom is 0.0444 e. The summed E-state index contributed by atoms with van der Waals surface area (Å²) in [7, 11) is 0. The van der Waals surface area contributed by atoms with Gasteiger partial charge in [-0.25, -0.2) is 0 Å². The van der Waals surface area contributed by atoms with E-state index in [1.165, 1.54) is 44.1 Å². The molecule has 106 valence electrons. The number of hydrogen-bond donors (Lipinski definition) is 1. The third kappa shape index (κ3) is 3.73. The van der Waals surface area contributed by atoms with Crippen LogP contribution in [0.4, 0.5) is 0 Å². The molecule has 19 heavy (non-hydrogen) atoms. The summed E-state index contributed by atoms with van der Waals surface area (Å²) in [6.07, 6.45) is 7.91. The van der Waals surface area contributed by atoms with Crippen LogP contribution in [-0.2, 0) is 5.41 Å². The van der Waals surface area contributed by atoms with Crippen LogP contribution in [0.1, 0.15) is 57.9 Å². The molecule has 0 unspecified atom stereocenters. The zero-order chi connectivity index (χ0) is 13.7. The van der Waals surface area contributed by atoms with Crippen LogP contribution >= 0.6 is 11.6 Å². The molecule has 0 radical (unpaired) electrons. The van der Waals surface area contributed by atoms with Gasteiger partial charge < -0.3 is 5.32 Å². The fraction of sp³-hybridized carbons (Fsp3) is 0.647. The molecule has 0 heterocycles. The molecule has 0 spiro atoms. The molecular weight excluding hydrogens is 254 g/mol. The average Bonchev–Trinajstić information content (AvgIpc) is 2.63. The minimum atomic E-state index is 0.235. The Morgan fingerprint density at radius 1 is 1.11 bits per heavy atom. The maximum atomic E-state index is 6.49. The summed E-state index contributed by atoms with van der Waals surface area (Å²) in [4.78, 5) is 0. The van der Waals surface area contributed by atoms with Crippen LogP contribution in [0.5, 0.6) is 0 Å². The molecule has 1 nitrogen and oxygen atoms in total. The Hall–Kier alpha value is -0.530. The van der Waals surface area contributed by atoms with Gasteiger partial charge in [0.15, 0.2) is 0 Å². The van der Waals surface area contributed by atoms with Crippen LogP contribution in [0.3, 0.4) is 0 Å². The molecule has 1 saturated carbocycles. The summed E-state index contributed by atoms with van der Waals surface area (Å²) in [5, 5.41) is 4.59. The normalized spacial score (nSPS) is 19.4. The summed E-state index contributed by atoms with van der Waals surface area (Å²) in [5.74, 6) is 0. The van der Waals surface area contributed by atoms with Crippen LogP contribution in [0.2, 0.25) is 5.02 Å². The number of nitrogens with one attached hydrogen (secondary N) is 1. The lowest BCUT2D eigenvalue weighted by Crippen LogP contribution is -2.40. The van der Waals surface area contributed by atoms with E-state index in [4.69, 9.17) is 11.6 Å². The molecule has 1 aromatic carbocycles. The lowest BCUT2D eigenvalue weighted by Gasteiger charge is -2.35. The van der Waals surface area contributed by atoms with Gasteiger partial charge in [-0.2, -0.15) is 0 Å². The summed E-state index contributed by atoms with van der Waals surface area (Å²) in [6.45, 7) is 5.49. The standard InChI is InChI=1S/C17H26ClN/c1-14(2)19-13-17(11-7-3-4-8-12-17)15-9-5-6-10-16(15)18/h5-6,9-10,14,19H,3-4,7-8,11-13H2,1-2H3. The number of halogens is 1. The predicted molar refractivity (Wildman–Crippen MR) is 84.0 cm³/mol. The highest BCUT2D eigenvalue weighted by Gasteiger charge is 2.34. The highest BCUT2D eigenvalue weighted by Crippen LogP contribution is 2.40. The van der Waals surface area contributed by atoms with Crippen molar-refractivity contribution in [1.82, 2.24) is 5.32 Å². The highest BCUT2D eigenvalue weighted by molar-refractivity contribution is 6.31. The van der Waals surface area contributed by atoms with Crippen LogP contribution in [0.25, 0.3) is 0 Å². The fourth-order valence-corrected chi connectivity index (χ4v) is 3.57. The van der Waals surface area contributed by atoms with Gasteiger partial charge in [0, 0.05) is 23.0 Å². The Balaban J connectivity index is 2.29. The van der Waals surface area contributed by atoms with E-state index in [-0.39, 0.29) is 5.41 Å². The van der Waals surface area contributed by atoms with E-state index >= 15 is 0 Å². The molecular formula is C17H26ClN. The Labute approximate surface area is 122 Å². The second kappa shape index (κ2) is 6.76. The highest BCUT2D eigenvalue weighted by atomic mass is 35.5. The van der Waals surface area contributed by atoms with Crippen molar-refractivity contribution < 1.29 is 0 Å². The Morgan fingerprint density at radius 2 is 1.74 bits per heavy atom. The van der Waals surface area contributed by atoms with Gasteiger partial charge in [-0.15, -0.1) is 0 Å². The van der Waals surface area contributed by atoms with Crippen molar-refractivity contribution in [2.24, 2.45) is 0 Å². The van der Waals surface area contributed by atoms with Crippen molar-refractivity contribution in [1.29, 1.82) is 0 Å². The van der Waals surface area contributed by atoms with E-state index in [1.54, 1.807) is 0 Å². The second-order valence-corrected chi connectivity index (χ2v) is 6.62. The monoisotopic (exact) mass is 279 g/mol. The van der Waals surface area contributed by atoms with Crippen molar-refractivity contribution in [3.8, 4) is 0 Å². The van der Waals surface area contributed by atoms with Crippen LogP contribution < -0.4 is 5.32 Å². The number of benzene rings is 1. The molecule has 1 N–H and O–H groups in total. The third-order valence-electron chi connectivity index (χ3n) is 4.35. The first-order valence-corrected chi connectivity index (χ1v) is 8.00. The van der Waals surface area contributed by atoms with E-state index < -0.39 is 0 Å². The molecule has 0 amide bonds. The molecule has 0 bridgehead atoms. The summed E-state index contributed by atoms with van der Waals surface area (Å²) < 4.78 is 0. The molecule has 0 aliphatic heterocycles. The Bertz CT molecular complexity index is 392. The lowest BCUT2D eigenvalue weighted by molar-refractivity contribution is 0.336. The van der Waals surface area contributed by atoms with Crippen molar-refractivity contribution >= 4 is 11.6 Å². The summed E-state index contributed by atoms with van der Waals surface area (Å²) in [6, 6.07) is 8.96. The summed E-state index contributed by atoms with van der Waals surface area (Å²) >= 11 is 6.49. The molecule has 1 aromatic rings. The molecule has 0 saturated heterocycles. The molecule has 0 aromatic heterocycles. The number of hydrogen-bond acceptors (Lipinski definition) is 1. The van der Waals surface area contributed by atoms with Gasteiger partial charge in [-0.3, -0.25) is 0 Å². The first-order chi connectivity index (χ1) is 9.14. The lowest BCUT2D eigenvalue weighted by atomic mass is 9.74. The quantitative estimate of drug-likeness (QED) is 0.771. The van der Waals surface area contributed by atoms with Crippen molar-refractivity contribution in [2.75, 3.05) is 6.54 Å². The van der Waals surface area contributed by atoms with Crippen molar-refractivity contribution in [2.45, 2.75) is 63.8 Å². The molecule has 0 atom stereocenters. The topological polar surface area (TPSA) is 12.0 Å². The van der Waals surface area contributed by atoms with Gasteiger partial charge in [0.05, 0.1) is 0 Å². The average molecular weight is 280 g/mol. The van der Waals surface area contributed by atoms with Gasteiger partial charge in [0.25, 0.3) is 0 Å². The third-order valence-corrected chi connectivity index (χ3v) is 4.68. The zero-order valence-electron chi connectivity index (χ0n) is 12.2. The summed E-state index contributed by atoms with van der Waals surface area (Å²) in [5.41, 5.74) is 1.59. The maximum absolute atomic E-state index is 6.49. The molecule has 1 aliphatic rings. The molecule has 2 rings (SSSR count). The van der Waals surface area contributed by atoms with E-state index in [1.807, 2.05) is 12.1 Å². The van der Waals surface area contributed by atoms with Crippen LogP contribution in [-0.4, -0.2) is 12.6 Å². The van der Waals surface area contributed by atoms with Gasteiger partial charge >= 0.3 is 0 Å². The van der Waals surface area contributed by atoms with Gasteiger partial charge in [0.1, 0.15) is 0 Å². The largest absolute Gasteiger partial charge is 0.314 e. The van der Waals surface area contributed by atoms with E-state index in [0.29, 0.717) is 6.04 Å². The second-order valence-electron chi connectivity index (χ2n) is 6.21. The van der Waals surface area contributed by atoms with E-state index in [2.05, 4.69) is 31.3 Å². The van der Waals surface area contributed by atoms with Crippen molar-refractivity contribution in [3.05, 3.63) is 34.9 Å². The smallest absolute Gasteiger partial charge is 0.0444 e. The minimum Gasteiger partial charge on any atom is -0.314 e. The molecule has 1 fully saturated rings. The van der Waals surface area contributed by atoms with Crippen LogP contribution in [0.15, 0.2) is 24.3 Å². The van der Waals surface area contributed by atoms with Gasteiger partial charge in [0.2, 0.25) is 0 Å². The van der Waals surface area contributed by atoms with E-state index in [9.17, 15) is 0 Å². The zero-order valence-corrected chi connectivity index (χ0v) is 13.0. The van der Waals surface area contributed by atoms with Crippen LogP contribution in [0, 0.1) is 0 Å². The number of rotatable bonds is 4. The molecule has 2 heteroatoms. The molecule has 1 aliphatic carbocycles. The van der Waals surface area contributed by atoms with Gasteiger partial charge in [-0.05, 0) is 24.5 Å².